The van der Waals surface area contributed by atoms with Crippen LogP contribution in [0, 0.1) is 12.7 Å². The third-order valence-corrected chi connectivity index (χ3v) is 4.26. The first-order valence-corrected chi connectivity index (χ1v) is 6.31. The zero-order valence-electron chi connectivity index (χ0n) is 8.53. The van der Waals surface area contributed by atoms with Crippen molar-refractivity contribution < 1.29 is 9.18 Å². The Labute approximate surface area is 97.9 Å². The van der Waals surface area contributed by atoms with Crippen LogP contribution in [-0.2, 0) is 0 Å². The summed E-state index contributed by atoms with van der Waals surface area (Å²) in [5, 5.41) is 0. The minimum atomic E-state index is -0.452. The van der Waals surface area contributed by atoms with Gasteiger partial charge in [-0.25, -0.2) is 0 Å². The van der Waals surface area contributed by atoms with E-state index < -0.39 is 5.91 Å². The third-order valence-electron chi connectivity index (χ3n) is 2.04. The molecule has 0 bridgehead atoms. The van der Waals surface area contributed by atoms with Crippen molar-refractivity contribution in [3.05, 3.63) is 40.2 Å². The summed E-state index contributed by atoms with van der Waals surface area (Å²) in [5.41, 5.74) is 6.72. The summed E-state index contributed by atoms with van der Waals surface area (Å²) < 4.78 is 14.4. The van der Waals surface area contributed by atoms with E-state index in [4.69, 9.17) is 5.73 Å². The Hall–Kier alpha value is -1.45. The molecule has 0 radical (unpaired) electrons. The number of aromatic nitrogens is 1. The molecule has 2 rings (SSSR count). The van der Waals surface area contributed by atoms with E-state index in [1.54, 1.807) is 0 Å². The molecule has 2 N–H and O–H groups in total. The number of amides is 1. The average Bonchev–Trinajstić information content (AvgIpc) is 2.64. The number of nitrogens with two attached hydrogens (primary N) is 1. The quantitative estimate of drug-likeness (QED) is 0.846. The van der Waals surface area contributed by atoms with Crippen LogP contribution in [0.1, 0.15) is 14.8 Å². The first-order valence-electron chi connectivity index (χ1n) is 4.59. The van der Waals surface area contributed by atoms with Crippen molar-refractivity contribution in [2.24, 2.45) is 5.73 Å². The second kappa shape index (κ2) is 4.20. The molecular weight excluding hydrogens is 274 g/mol. The van der Waals surface area contributed by atoms with Crippen molar-refractivity contribution in [1.29, 1.82) is 0 Å². The van der Waals surface area contributed by atoms with Gasteiger partial charge >= 0.3 is 97.6 Å². The van der Waals surface area contributed by atoms with E-state index in [1.807, 2.05) is 13.0 Å². The van der Waals surface area contributed by atoms with Crippen LogP contribution in [-0.4, -0.2) is 25.4 Å². The second-order valence-electron chi connectivity index (χ2n) is 3.41. The van der Waals surface area contributed by atoms with Crippen LogP contribution in [0.15, 0.2) is 24.4 Å². The van der Waals surface area contributed by atoms with Crippen LogP contribution >= 0.6 is 0 Å². The summed E-state index contributed by atoms with van der Waals surface area (Å²) in [5.74, 6) is -0.743. The van der Waals surface area contributed by atoms with Gasteiger partial charge in [0.25, 0.3) is 0 Å². The van der Waals surface area contributed by atoms with E-state index in [2.05, 4.69) is 4.98 Å². The molecule has 1 heterocycles. The number of hydrogen-bond donors (Lipinski definition) is 1. The van der Waals surface area contributed by atoms with Crippen molar-refractivity contribution in [1.82, 2.24) is 4.98 Å². The molecule has 1 aromatic heterocycles. The number of hydrogen-bond acceptors (Lipinski definition) is 2. The molecule has 82 valence electrons. The Kier molecular flexibility index (Phi) is 2.90. The molecule has 16 heavy (non-hydrogen) atoms. The van der Waals surface area contributed by atoms with Crippen molar-refractivity contribution in [3.63, 3.8) is 0 Å². The van der Waals surface area contributed by atoms with Gasteiger partial charge in [0.05, 0.1) is 0 Å². The third kappa shape index (κ3) is 2.21. The molecular formula is C11H9FN2OSe. The number of nitrogens with zero attached hydrogens (tertiary/aromatic N) is 1. The summed E-state index contributed by atoms with van der Waals surface area (Å²) in [6, 6.07) is 4.72. The van der Waals surface area contributed by atoms with Crippen molar-refractivity contribution in [2.45, 2.75) is 6.92 Å². The minimum absolute atomic E-state index is 0.216. The number of rotatable bonds is 2. The molecule has 5 heteroatoms. The molecule has 0 saturated carbocycles. The van der Waals surface area contributed by atoms with Gasteiger partial charge in [-0.2, -0.15) is 0 Å². The average molecular weight is 283 g/mol. The van der Waals surface area contributed by atoms with Gasteiger partial charge in [0.15, 0.2) is 0 Å². The molecule has 0 unspecified atom stereocenters. The first kappa shape index (κ1) is 11.0. The Balaban J connectivity index is 2.46. The molecule has 3 nitrogen and oxygen atoms in total. The SMILES string of the molecule is Cc1cc(F)cc(-c2ncc(C(N)=O)[se]2)c1. The summed E-state index contributed by atoms with van der Waals surface area (Å²) in [6.07, 6.45) is 1.47. The van der Waals surface area contributed by atoms with Crippen LogP contribution in [0.2, 0.25) is 0 Å². The van der Waals surface area contributed by atoms with Gasteiger partial charge in [-0.05, 0) is 0 Å². The van der Waals surface area contributed by atoms with Crippen molar-refractivity contribution >= 4 is 20.4 Å². The maximum atomic E-state index is 13.2. The number of primary amides is 1. The molecule has 0 aliphatic rings. The van der Waals surface area contributed by atoms with Gasteiger partial charge in [-0.15, -0.1) is 0 Å². The van der Waals surface area contributed by atoms with E-state index in [-0.39, 0.29) is 20.3 Å². The molecule has 0 spiro atoms. The number of halogens is 1. The number of carbonyl (C=O) groups is 1. The fraction of sp³-hybridized carbons (Fsp3) is 0.0909. The van der Waals surface area contributed by atoms with Gasteiger partial charge in [-0.1, -0.05) is 0 Å². The fourth-order valence-electron chi connectivity index (χ4n) is 1.38. The predicted octanol–water partition coefficient (Wildman–Crippen LogP) is 1.35. The first-order chi connectivity index (χ1) is 7.56. The fourth-order valence-corrected chi connectivity index (χ4v) is 2.97. The number of aryl methyl sites for hydroxylation is 1. The number of benzene rings is 1. The van der Waals surface area contributed by atoms with E-state index in [0.717, 1.165) is 15.7 Å². The van der Waals surface area contributed by atoms with Crippen LogP contribution in [0.4, 0.5) is 4.39 Å². The van der Waals surface area contributed by atoms with Gasteiger partial charge in [-0.3, -0.25) is 0 Å². The zero-order valence-corrected chi connectivity index (χ0v) is 10.2. The molecule has 2 aromatic rings. The van der Waals surface area contributed by atoms with Gasteiger partial charge < -0.3 is 0 Å². The molecule has 0 aliphatic carbocycles. The molecule has 1 aromatic carbocycles. The van der Waals surface area contributed by atoms with Crippen LogP contribution in [0.5, 0.6) is 0 Å². The van der Waals surface area contributed by atoms with Crippen molar-refractivity contribution in [3.8, 4) is 10.1 Å². The Bertz CT molecular complexity index is 530. The van der Waals surface area contributed by atoms with Crippen molar-refractivity contribution in [2.75, 3.05) is 0 Å². The molecule has 0 atom stereocenters. The normalized spacial score (nSPS) is 10.4. The second-order valence-corrected chi connectivity index (χ2v) is 5.57. The van der Waals surface area contributed by atoms with E-state index in [9.17, 15) is 9.18 Å². The summed E-state index contributed by atoms with van der Waals surface area (Å²) in [7, 11) is 0. The van der Waals surface area contributed by atoms with Crippen LogP contribution < -0.4 is 5.73 Å². The predicted molar refractivity (Wildman–Crippen MR) is 59.8 cm³/mol. The monoisotopic (exact) mass is 284 g/mol. The summed E-state index contributed by atoms with van der Waals surface area (Å²) in [6.45, 7) is 1.82. The van der Waals surface area contributed by atoms with Gasteiger partial charge in [0.2, 0.25) is 0 Å². The van der Waals surface area contributed by atoms with E-state index in [0.29, 0.717) is 4.44 Å². The van der Waals surface area contributed by atoms with E-state index in [1.165, 1.54) is 18.3 Å². The Morgan fingerprint density at radius 3 is 2.75 bits per heavy atom. The topological polar surface area (TPSA) is 56.0 Å². The van der Waals surface area contributed by atoms with Crippen LogP contribution in [0.25, 0.3) is 10.1 Å². The Morgan fingerprint density at radius 2 is 2.19 bits per heavy atom. The summed E-state index contributed by atoms with van der Waals surface area (Å²) in [4.78, 5) is 15.0. The summed E-state index contributed by atoms with van der Waals surface area (Å²) >= 11 is -0.216. The maximum absolute atomic E-state index is 13.2. The Morgan fingerprint density at radius 1 is 1.44 bits per heavy atom. The molecule has 0 saturated heterocycles. The molecule has 1 amide bonds. The van der Waals surface area contributed by atoms with Gasteiger partial charge in [0, 0.05) is 0 Å². The van der Waals surface area contributed by atoms with Crippen LogP contribution in [0.3, 0.4) is 0 Å². The standard InChI is InChI=1S/C11H9FN2OSe/c1-6-2-7(4-8(12)3-6)11-14-5-9(16-11)10(13)15/h2-5H,1H3,(H2,13,15). The molecule has 0 aliphatic heterocycles. The zero-order chi connectivity index (χ0) is 11.7. The number of carbonyl (C=O) groups excluding carboxylic acids is 1. The van der Waals surface area contributed by atoms with E-state index >= 15 is 0 Å². The van der Waals surface area contributed by atoms with Gasteiger partial charge in [0.1, 0.15) is 0 Å². The molecule has 0 fully saturated rings.